The van der Waals surface area contributed by atoms with Gasteiger partial charge in [-0.25, -0.2) is 10.4 Å². The zero-order chi connectivity index (χ0) is 27.7. The maximum absolute atomic E-state index is 13.7. The van der Waals surface area contributed by atoms with E-state index in [9.17, 15) is 4.79 Å². The lowest BCUT2D eigenvalue weighted by molar-refractivity contribution is -0.129. The summed E-state index contributed by atoms with van der Waals surface area (Å²) in [4.78, 5) is 18.6. The number of carbonyl (C=O) groups excluding carboxylic acids is 1. The summed E-state index contributed by atoms with van der Waals surface area (Å²) >= 11 is 0. The van der Waals surface area contributed by atoms with Gasteiger partial charge in [-0.2, -0.15) is 0 Å². The number of hydrogen-bond acceptors (Lipinski definition) is 8. The first-order valence-electron chi connectivity index (χ1n) is 12.9. The number of hydrazine groups is 1. The first kappa shape index (κ1) is 27.9. The van der Waals surface area contributed by atoms with Crippen LogP contribution in [0.15, 0.2) is 77.8 Å². The lowest BCUT2D eigenvalue weighted by Crippen LogP contribution is -2.55. The van der Waals surface area contributed by atoms with Crippen molar-refractivity contribution in [1.82, 2.24) is 10.9 Å². The number of amides is 1. The number of hydrogen-bond donors (Lipinski definition) is 3. The summed E-state index contributed by atoms with van der Waals surface area (Å²) in [7, 11) is 3.17. The van der Waals surface area contributed by atoms with E-state index in [0.717, 1.165) is 16.7 Å². The molecule has 206 valence electrons. The normalized spacial score (nSPS) is 18.2. The van der Waals surface area contributed by atoms with Crippen LogP contribution in [0.2, 0.25) is 0 Å². The fourth-order valence-electron chi connectivity index (χ4n) is 4.38. The predicted octanol–water partition coefficient (Wildman–Crippen LogP) is 3.43. The first-order chi connectivity index (χ1) is 19.0. The highest BCUT2D eigenvalue weighted by atomic mass is 16.5. The van der Waals surface area contributed by atoms with Crippen molar-refractivity contribution in [3.63, 3.8) is 0 Å². The van der Waals surface area contributed by atoms with Gasteiger partial charge in [-0.3, -0.25) is 10.2 Å². The standard InChI is InChI=1S/C30H35N3O6/c1-21-30(19-22-8-5-4-6-9-22,29(35)33-31-20-23-10-15-26(36-2)27(18-23)37-3)32-28(39-21)24-11-13-25(14-12-24)38-17-7-16-34/h4-6,8-15,18,21,31,34H,7,16-17,19-20H2,1-3H3,(H,33,35)/t21-,30-/m0/s1. The number of ether oxygens (including phenoxy) is 4. The maximum Gasteiger partial charge on any atom is 0.266 e. The van der Waals surface area contributed by atoms with Crippen molar-refractivity contribution in [3.8, 4) is 17.2 Å². The second kappa shape index (κ2) is 13.1. The van der Waals surface area contributed by atoms with Gasteiger partial charge in [-0.05, 0) is 54.4 Å². The molecule has 39 heavy (non-hydrogen) atoms. The number of aliphatic imine (C=N–C) groups is 1. The fraction of sp³-hybridized carbons (Fsp3) is 0.333. The third-order valence-corrected chi connectivity index (χ3v) is 6.59. The highest BCUT2D eigenvalue weighted by molar-refractivity contribution is 6.00. The molecule has 0 saturated heterocycles. The minimum atomic E-state index is -1.18. The highest BCUT2D eigenvalue weighted by Crippen LogP contribution is 2.33. The molecule has 0 unspecified atom stereocenters. The molecule has 1 aliphatic heterocycles. The van der Waals surface area contributed by atoms with Crippen molar-refractivity contribution in [3.05, 3.63) is 89.5 Å². The monoisotopic (exact) mass is 533 g/mol. The van der Waals surface area contributed by atoms with E-state index in [2.05, 4.69) is 10.9 Å². The van der Waals surface area contributed by atoms with Crippen LogP contribution in [0.1, 0.15) is 30.0 Å². The molecular formula is C30H35N3O6. The minimum absolute atomic E-state index is 0.0787. The number of rotatable bonds is 13. The van der Waals surface area contributed by atoms with E-state index in [4.69, 9.17) is 29.0 Å². The number of nitrogens with one attached hydrogen (secondary N) is 2. The van der Waals surface area contributed by atoms with Crippen molar-refractivity contribution >= 4 is 11.8 Å². The summed E-state index contributed by atoms with van der Waals surface area (Å²) < 4.78 is 22.5. The Bertz CT molecular complexity index is 1270. The molecule has 0 radical (unpaired) electrons. The third-order valence-electron chi connectivity index (χ3n) is 6.59. The van der Waals surface area contributed by atoms with Crippen molar-refractivity contribution in [2.75, 3.05) is 27.4 Å². The highest BCUT2D eigenvalue weighted by Gasteiger charge is 2.50. The molecule has 3 aromatic carbocycles. The molecule has 3 N–H and O–H groups in total. The SMILES string of the molecule is COc1ccc(CNNC(=O)[C@@]2(Cc3ccccc3)N=C(c3ccc(OCCCO)cc3)O[C@H]2C)cc1OC. The smallest absolute Gasteiger partial charge is 0.266 e. The van der Waals surface area contributed by atoms with E-state index in [1.165, 1.54) is 0 Å². The lowest BCUT2D eigenvalue weighted by Gasteiger charge is -2.28. The molecule has 2 atom stereocenters. The molecule has 9 nitrogen and oxygen atoms in total. The summed E-state index contributed by atoms with van der Waals surface area (Å²) in [5.74, 6) is 2.04. The Morgan fingerprint density at radius 1 is 1.00 bits per heavy atom. The van der Waals surface area contributed by atoms with Crippen molar-refractivity contribution in [1.29, 1.82) is 0 Å². The van der Waals surface area contributed by atoms with E-state index < -0.39 is 11.6 Å². The fourth-order valence-corrected chi connectivity index (χ4v) is 4.38. The Labute approximate surface area is 228 Å². The van der Waals surface area contributed by atoms with Gasteiger partial charge >= 0.3 is 0 Å². The van der Waals surface area contributed by atoms with E-state index in [1.54, 1.807) is 14.2 Å². The summed E-state index contributed by atoms with van der Waals surface area (Å²) in [6, 6.07) is 22.7. The Morgan fingerprint density at radius 2 is 1.74 bits per heavy atom. The van der Waals surface area contributed by atoms with Crippen LogP contribution in [0.4, 0.5) is 0 Å². The zero-order valence-corrected chi connectivity index (χ0v) is 22.5. The van der Waals surface area contributed by atoms with Gasteiger partial charge in [0, 0.05) is 31.6 Å². The third kappa shape index (κ3) is 6.68. The Kier molecular flexibility index (Phi) is 9.40. The van der Waals surface area contributed by atoms with Gasteiger partial charge in [0.1, 0.15) is 11.9 Å². The van der Waals surface area contributed by atoms with Crippen LogP contribution in [0.5, 0.6) is 17.2 Å². The van der Waals surface area contributed by atoms with Crippen LogP contribution >= 0.6 is 0 Å². The van der Waals surface area contributed by atoms with Gasteiger partial charge < -0.3 is 24.1 Å². The Balaban J connectivity index is 1.52. The van der Waals surface area contributed by atoms with E-state index in [1.807, 2.05) is 79.7 Å². The molecule has 0 aromatic heterocycles. The van der Waals surface area contributed by atoms with Crippen LogP contribution < -0.4 is 25.1 Å². The molecule has 0 saturated carbocycles. The summed E-state index contributed by atoms with van der Waals surface area (Å²) in [6.45, 7) is 2.74. The molecule has 0 fully saturated rings. The van der Waals surface area contributed by atoms with Gasteiger partial charge in [0.25, 0.3) is 5.91 Å². The van der Waals surface area contributed by atoms with Crippen molar-refractivity contribution < 1.29 is 28.8 Å². The van der Waals surface area contributed by atoms with Crippen LogP contribution in [-0.2, 0) is 22.5 Å². The molecule has 4 rings (SSSR count). The first-order valence-corrected chi connectivity index (χ1v) is 12.9. The second-order valence-corrected chi connectivity index (χ2v) is 9.21. The molecule has 3 aromatic rings. The Hall–Kier alpha value is -4.08. The number of methoxy groups -OCH3 is 2. The predicted molar refractivity (Wildman–Crippen MR) is 148 cm³/mol. The number of carbonyl (C=O) groups is 1. The summed E-state index contributed by atoms with van der Waals surface area (Å²) in [5.41, 5.74) is 7.33. The number of nitrogens with zero attached hydrogens (tertiary/aromatic N) is 1. The van der Waals surface area contributed by atoms with E-state index in [0.29, 0.717) is 49.1 Å². The molecular weight excluding hydrogens is 498 g/mol. The maximum atomic E-state index is 13.7. The summed E-state index contributed by atoms with van der Waals surface area (Å²) in [6.07, 6.45) is 0.410. The van der Waals surface area contributed by atoms with Crippen molar-refractivity contribution in [2.24, 2.45) is 4.99 Å². The van der Waals surface area contributed by atoms with Gasteiger partial charge in [0.15, 0.2) is 17.0 Å². The molecule has 9 heteroatoms. The molecule has 0 spiro atoms. The van der Waals surface area contributed by atoms with E-state index in [-0.39, 0.29) is 12.5 Å². The zero-order valence-electron chi connectivity index (χ0n) is 22.5. The second-order valence-electron chi connectivity index (χ2n) is 9.21. The van der Waals surface area contributed by atoms with Crippen LogP contribution in [0.25, 0.3) is 0 Å². The number of aliphatic hydroxyl groups is 1. The van der Waals surface area contributed by atoms with E-state index >= 15 is 0 Å². The van der Waals surface area contributed by atoms with Gasteiger partial charge in [0.05, 0.1) is 20.8 Å². The number of aliphatic hydroxyl groups excluding tert-OH is 1. The number of benzene rings is 3. The molecule has 1 heterocycles. The topological polar surface area (TPSA) is 111 Å². The van der Waals surface area contributed by atoms with Crippen LogP contribution in [0, 0.1) is 0 Å². The average Bonchev–Trinajstić information content (AvgIpc) is 3.30. The van der Waals surface area contributed by atoms with Crippen molar-refractivity contribution in [2.45, 2.75) is 38.0 Å². The van der Waals surface area contributed by atoms with Crippen LogP contribution in [0.3, 0.4) is 0 Å². The molecule has 1 amide bonds. The van der Waals surface area contributed by atoms with Crippen LogP contribution in [-0.4, -0.2) is 56.0 Å². The van der Waals surface area contributed by atoms with Gasteiger partial charge in [-0.1, -0.05) is 36.4 Å². The summed E-state index contributed by atoms with van der Waals surface area (Å²) in [5, 5.41) is 8.95. The van der Waals surface area contributed by atoms with Gasteiger partial charge in [-0.15, -0.1) is 0 Å². The molecule has 1 aliphatic rings. The largest absolute Gasteiger partial charge is 0.494 e. The minimum Gasteiger partial charge on any atom is -0.494 e. The molecule has 0 bridgehead atoms. The average molecular weight is 534 g/mol. The Morgan fingerprint density at radius 3 is 2.44 bits per heavy atom. The lowest BCUT2D eigenvalue weighted by atomic mass is 9.86. The molecule has 0 aliphatic carbocycles. The van der Waals surface area contributed by atoms with Gasteiger partial charge in [0.2, 0.25) is 5.90 Å². The quantitative estimate of drug-likeness (QED) is 0.228.